The first-order valence-electron chi connectivity index (χ1n) is 6.57. The average molecular weight is 278 g/mol. The van der Waals surface area contributed by atoms with Crippen LogP contribution in [-0.4, -0.2) is 43.2 Å². The molecule has 0 saturated carbocycles. The molecule has 1 N–H and O–H groups in total. The molecule has 0 spiro atoms. The van der Waals surface area contributed by atoms with E-state index < -0.39 is 0 Å². The highest BCUT2D eigenvalue weighted by Crippen LogP contribution is 2.27. The van der Waals surface area contributed by atoms with Crippen LogP contribution in [0, 0.1) is 6.92 Å². The Morgan fingerprint density at radius 3 is 2.89 bits per heavy atom. The molecule has 4 nitrogen and oxygen atoms in total. The number of rotatable bonds is 3. The highest BCUT2D eigenvalue weighted by Gasteiger charge is 2.22. The number of amides is 1. The number of anilines is 2. The van der Waals surface area contributed by atoms with E-state index in [1.54, 1.807) is 0 Å². The maximum atomic E-state index is 11.8. The van der Waals surface area contributed by atoms with Gasteiger partial charge in [0.25, 0.3) is 5.91 Å². The molecule has 2 aliphatic heterocycles. The van der Waals surface area contributed by atoms with Crippen molar-refractivity contribution in [1.29, 1.82) is 0 Å². The molecule has 0 aliphatic carbocycles. The summed E-state index contributed by atoms with van der Waals surface area (Å²) in [6.45, 7) is 3.51. The van der Waals surface area contributed by atoms with Gasteiger partial charge in [-0.3, -0.25) is 4.79 Å². The van der Waals surface area contributed by atoms with E-state index in [4.69, 9.17) is 4.74 Å². The standard InChI is InChI=1S/C14H18N2O2S/c1-10-6-11(15-12-8-19-9-12)2-3-13(10)16-4-5-18-7-14(16)17/h2-3,6,12,15H,4-5,7-9H2,1H3. The van der Waals surface area contributed by atoms with Gasteiger partial charge < -0.3 is 15.0 Å². The monoisotopic (exact) mass is 278 g/mol. The van der Waals surface area contributed by atoms with Gasteiger partial charge in [0.2, 0.25) is 0 Å². The van der Waals surface area contributed by atoms with Gasteiger partial charge in [0.05, 0.1) is 6.61 Å². The zero-order chi connectivity index (χ0) is 13.2. The molecule has 2 aliphatic rings. The third kappa shape index (κ3) is 2.72. The molecule has 2 saturated heterocycles. The van der Waals surface area contributed by atoms with Crippen LogP contribution in [0.1, 0.15) is 5.56 Å². The Morgan fingerprint density at radius 2 is 2.26 bits per heavy atom. The summed E-state index contributed by atoms with van der Waals surface area (Å²) in [7, 11) is 0. The van der Waals surface area contributed by atoms with Crippen molar-refractivity contribution in [1.82, 2.24) is 0 Å². The zero-order valence-corrected chi connectivity index (χ0v) is 11.8. The molecule has 0 unspecified atom stereocenters. The molecular formula is C14H18N2O2S. The van der Waals surface area contributed by atoms with Crippen LogP contribution in [-0.2, 0) is 9.53 Å². The first kappa shape index (κ1) is 12.8. The van der Waals surface area contributed by atoms with Gasteiger partial charge in [-0.1, -0.05) is 0 Å². The van der Waals surface area contributed by atoms with E-state index in [1.165, 1.54) is 11.5 Å². The molecule has 3 rings (SSSR count). The quantitative estimate of drug-likeness (QED) is 0.916. The van der Waals surface area contributed by atoms with Crippen molar-refractivity contribution in [2.75, 3.05) is 41.5 Å². The number of nitrogens with zero attached hydrogens (tertiary/aromatic N) is 1. The van der Waals surface area contributed by atoms with E-state index in [1.807, 2.05) is 22.7 Å². The van der Waals surface area contributed by atoms with Gasteiger partial charge in [-0.05, 0) is 30.7 Å². The highest BCUT2D eigenvalue weighted by molar-refractivity contribution is 8.00. The van der Waals surface area contributed by atoms with Gasteiger partial charge in [0.15, 0.2) is 0 Å². The Kier molecular flexibility index (Phi) is 3.66. The highest BCUT2D eigenvalue weighted by atomic mass is 32.2. The summed E-state index contributed by atoms with van der Waals surface area (Å²) in [6, 6.07) is 6.82. The normalized spacial score (nSPS) is 20.3. The van der Waals surface area contributed by atoms with Crippen molar-refractivity contribution in [3.8, 4) is 0 Å². The second-order valence-corrected chi connectivity index (χ2v) is 6.05. The van der Waals surface area contributed by atoms with Crippen LogP contribution in [0.2, 0.25) is 0 Å². The predicted molar refractivity (Wildman–Crippen MR) is 79.1 cm³/mol. The number of carbonyl (C=O) groups excluding carboxylic acids is 1. The fourth-order valence-electron chi connectivity index (χ4n) is 2.38. The molecule has 1 aromatic carbocycles. The minimum absolute atomic E-state index is 0.0467. The molecule has 2 fully saturated rings. The fourth-order valence-corrected chi connectivity index (χ4v) is 3.01. The second-order valence-electron chi connectivity index (χ2n) is 4.98. The Bertz CT molecular complexity index is 488. The topological polar surface area (TPSA) is 41.6 Å². The van der Waals surface area contributed by atoms with E-state index in [-0.39, 0.29) is 12.5 Å². The molecule has 5 heteroatoms. The number of hydrogen-bond acceptors (Lipinski definition) is 4. The van der Waals surface area contributed by atoms with Gasteiger partial charge in [0, 0.05) is 35.5 Å². The summed E-state index contributed by atoms with van der Waals surface area (Å²) in [4.78, 5) is 13.7. The third-order valence-corrected chi connectivity index (χ3v) is 4.76. The van der Waals surface area contributed by atoms with Gasteiger partial charge in [0.1, 0.15) is 6.61 Å². The van der Waals surface area contributed by atoms with Crippen molar-refractivity contribution < 1.29 is 9.53 Å². The number of aryl methyl sites for hydroxylation is 1. The molecule has 0 radical (unpaired) electrons. The number of nitrogens with one attached hydrogen (secondary N) is 1. The van der Waals surface area contributed by atoms with Gasteiger partial charge in [-0.25, -0.2) is 0 Å². The maximum absolute atomic E-state index is 11.8. The minimum atomic E-state index is 0.0467. The Labute approximate surface area is 117 Å². The first-order valence-corrected chi connectivity index (χ1v) is 7.72. The molecule has 1 aromatic rings. The summed E-state index contributed by atoms with van der Waals surface area (Å²) < 4.78 is 5.17. The van der Waals surface area contributed by atoms with E-state index in [9.17, 15) is 4.79 Å². The number of morpholine rings is 1. The first-order chi connectivity index (χ1) is 9.24. The third-order valence-electron chi connectivity index (χ3n) is 3.48. The summed E-state index contributed by atoms with van der Waals surface area (Å²) in [6.07, 6.45) is 0. The fraction of sp³-hybridized carbons (Fsp3) is 0.500. The largest absolute Gasteiger partial charge is 0.381 e. The molecule has 102 valence electrons. The van der Waals surface area contributed by atoms with E-state index in [0.717, 1.165) is 16.9 Å². The summed E-state index contributed by atoms with van der Waals surface area (Å²) in [5.74, 6) is 2.41. The Hall–Kier alpha value is -1.20. The number of carbonyl (C=O) groups is 1. The van der Waals surface area contributed by atoms with Crippen molar-refractivity contribution in [2.24, 2.45) is 0 Å². The van der Waals surface area contributed by atoms with Crippen LogP contribution in [0.5, 0.6) is 0 Å². The Balaban J connectivity index is 1.76. The zero-order valence-electron chi connectivity index (χ0n) is 11.0. The molecule has 19 heavy (non-hydrogen) atoms. The van der Waals surface area contributed by atoms with E-state index in [2.05, 4.69) is 24.4 Å². The Morgan fingerprint density at radius 1 is 1.42 bits per heavy atom. The SMILES string of the molecule is Cc1cc(NC2CSC2)ccc1N1CCOCC1=O. The summed E-state index contributed by atoms with van der Waals surface area (Å²) in [5, 5.41) is 3.51. The second kappa shape index (κ2) is 5.43. The van der Waals surface area contributed by atoms with E-state index >= 15 is 0 Å². The van der Waals surface area contributed by atoms with Crippen LogP contribution < -0.4 is 10.2 Å². The summed E-state index contributed by atoms with van der Waals surface area (Å²) >= 11 is 1.97. The molecule has 2 heterocycles. The number of hydrogen-bond donors (Lipinski definition) is 1. The summed E-state index contributed by atoms with van der Waals surface area (Å²) in [5.41, 5.74) is 3.28. The van der Waals surface area contributed by atoms with E-state index in [0.29, 0.717) is 19.2 Å². The lowest BCUT2D eigenvalue weighted by molar-refractivity contribution is -0.125. The lowest BCUT2D eigenvalue weighted by Gasteiger charge is -2.30. The number of thioether (sulfide) groups is 1. The van der Waals surface area contributed by atoms with Gasteiger partial charge >= 0.3 is 0 Å². The molecule has 0 bridgehead atoms. The lowest BCUT2D eigenvalue weighted by atomic mass is 10.1. The van der Waals surface area contributed by atoms with Crippen LogP contribution in [0.15, 0.2) is 18.2 Å². The minimum Gasteiger partial charge on any atom is -0.381 e. The molecule has 0 atom stereocenters. The van der Waals surface area contributed by atoms with Crippen molar-refractivity contribution in [2.45, 2.75) is 13.0 Å². The molecular weight excluding hydrogens is 260 g/mol. The molecule has 1 amide bonds. The number of ether oxygens (including phenoxy) is 1. The van der Waals surface area contributed by atoms with Crippen molar-refractivity contribution in [3.63, 3.8) is 0 Å². The van der Waals surface area contributed by atoms with Crippen molar-refractivity contribution in [3.05, 3.63) is 23.8 Å². The molecule has 0 aromatic heterocycles. The smallest absolute Gasteiger partial charge is 0.253 e. The number of benzene rings is 1. The average Bonchev–Trinajstić information content (AvgIpc) is 2.35. The van der Waals surface area contributed by atoms with Gasteiger partial charge in [-0.15, -0.1) is 0 Å². The lowest BCUT2D eigenvalue weighted by Crippen LogP contribution is -2.42. The van der Waals surface area contributed by atoms with Crippen LogP contribution in [0.3, 0.4) is 0 Å². The van der Waals surface area contributed by atoms with Gasteiger partial charge in [-0.2, -0.15) is 11.8 Å². The van der Waals surface area contributed by atoms with Crippen LogP contribution in [0.25, 0.3) is 0 Å². The van der Waals surface area contributed by atoms with Crippen molar-refractivity contribution >= 4 is 29.0 Å². The van der Waals surface area contributed by atoms with Crippen LogP contribution >= 0.6 is 11.8 Å². The maximum Gasteiger partial charge on any atom is 0.253 e. The predicted octanol–water partition coefficient (Wildman–Crippen LogP) is 1.89. The van der Waals surface area contributed by atoms with Crippen LogP contribution in [0.4, 0.5) is 11.4 Å².